The molecule has 10 heteroatoms. The van der Waals surface area contributed by atoms with Crippen LogP contribution in [0.4, 0.5) is 10.5 Å². The number of nitrogens with two attached hydrogens (primary N) is 1. The van der Waals surface area contributed by atoms with Crippen LogP contribution in [-0.2, 0) is 14.8 Å². The van der Waals surface area contributed by atoms with Crippen LogP contribution in [0, 0.1) is 0 Å². The number of nitrogen functional groups attached to an aromatic ring is 1. The highest BCUT2D eigenvalue weighted by molar-refractivity contribution is 9.10. The Morgan fingerprint density at radius 1 is 1.25 bits per heavy atom. The monoisotopic (exact) mass is 420 g/mol. The van der Waals surface area contributed by atoms with E-state index in [-0.39, 0.29) is 36.8 Å². The first-order valence-corrected chi connectivity index (χ1v) is 9.63. The quantitative estimate of drug-likeness (QED) is 0.779. The summed E-state index contributed by atoms with van der Waals surface area (Å²) in [5, 5.41) is 0. The molecule has 134 valence electrons. The van der Waals surface area contributed by atoms with Crippen molar-refractivity contribution in [2.24, 2.45) is 0 Å². The molecule has 2 N–H and O–H groups in total. The van der Waals surface area contributed by atoms with Gasteiger partial charge in [-0.15, -0.1) is 0 Å². The standard InChI is InChI=1S/C14H21BrN4O4S/c1-14(2,3)23-13(20)18-4-6-19(7-5-18)24(21,22)11-9-17-8-10(15)12(11)16/h8-9H,4-7H2,1-3H3,(H2,16,17). The van der Waals surface area contributed by atoms with Gasteiger partial charge in [-0.3, -0.25) is 4.98 Å². The Balaban J connectivity index is 2.09. The number of ether oxygens (including phenoxy) is 1. The van der Waals surface area contributed by atoms with Crippen LogP contribution in [0.2, 0.25) is 0 Å². The Morgan fingerprint density at radius 2 is 1.83 bits per heavy atom. The maximum absolute atomic E-state index is 12.7. The van der Waals surface area contributed by atoms with Gasteiger partial charge in [0.1, 0.15) is 10.5 Å². The van der Waals surface area contributed by atoms with Gasteiger partial charge >= 0.3 is 6.09 Å². The second-order valence-electron chi connectivity index (χ2n) is 6.40. The third kappa shape index (κ3) is 4.17. The van der Waals surface area contributed by atoms with Gasteiger partial charge in [-0.25, -0.2) is 13.2 Å². The van der Waals surface area contributed by atoms with Crippen LogP contribution in [-0.4, -0.2) is 60.5 Å². The summed E-state index contributed by atoms with van der Waals surface area (Å²) in [6, 6.07) is 0. The van der Waals surface area contributed by atoms with Gasteiger partial charge in [0, 0.05) is 38.6 Å². The molecule has 8 nitrogen and oxygen atoms in total. The van der Waals surface area contributed by atoms with Crippen LogP contribution in [0.1, 0.15) is 20.8 Å². The van der Waals surface area contributed by atoms with E-state index in [4.69, 9.17) is 10.5 Å². The third-order valence-corrected chi connectivity index (χ3v) is 5.97. The molecule has 1 amide bonds. The van der Waals surface area contributed by atoms with Gasteiger partial charge in [-0.1, -0.05) is 0 Å². The largest absolute Gasteiger partial charge is 0.444 e. The summed E-state index contributed by atoms with van der Waals surface area (Å²) >= 11 is 3.18. The lowest BCUT2D eigenvalue weighted by Gasteiger charge is -2.35. The van der Waals surface area contributed by atoms with E-state index in [1.165, 1.54) is 21.6 Å². The molecule has 0 bridgehead atoms. The summed E-state index contributed by atoms with van der Waals surface area (Å²) in [5.74, 6) is 0. The van der Waals surface area contributed by atoms with E-state index >= 15 is 0 Å². The SMILES string of the molecule is CC(C)(C)OC(=O)N1CCN(S(=O)(=O)c2cncc(Br)c2N)CC1. The Bertz CT molecular complexity index is 725. The predicted octanol–water partition coefficient (Wildman–Crippen LogP) is 1.67. The van der Waals surface area contributed by atoms with Crippen LogP contribution >= 0.6 is 15.9 Å². The summed E-state index contributed by atoms with van der Waals surface area (Å²) in [6.07, 6.45) is 2.23. The minimum Gasteiger partial charge on any atom is -0.444 e. The molecular weight excluding hydrogens is 400 g/mol. The molecule has 0 aliphatic carbocycles. The fourth-order valence-electron chi connectivity index (χ4n) is 2.21. The number of aromatic nitrogens is 1. The van der Waals surface area contributed by atoms with E-state index in [0.29, 0.717) is 4.47 Å². The van der Waals surface area contributed by atoms with Gasteiger partial charge in [-0.05, 0) is 36.7 Å². The summed E-state index contributed by atoms with van der Waals surface area (Å²) in [7, 11) is -3.76. The molecule has 1 aliphatic heterocycles. The smallest absolute Gasteiger partial charge is 0.410 e. The first-order valence-electron chi connectivity index (χ1n) is 7.39. The normalized spacial score (nSPS) is 16.9. The average molecular weight is 421 g/mol. The molecule has 0 spiro atoms. The van der Waals surface area contributed by atoms with E-state index < -0.39 is 21.7 Å². The lowest BCUT2D eigenvalue weighted by molar-refractivity contribution is 0.0192. The summed E-state index contributed by atoms with van der Waals surface area (Å²) in [5.41, 5.74) is 5.38. The molecule has 1 saturated heterocycles. The Morgan fingerprint density at radius 3 is 2.38 bits per heavy atom. The van der Waals surface area contributed by atoms with Crippen molar-refractivity contribution in [2.75, 3.05) is 31.9 Å². The molecule has 2 heterocycles. The number of nitrogens with zero attached hydrogens (tertiary/aromatic N) is 3. The van der Waals surface area contributed by atoms with Gasteiger partial charge in [0.15, 0.2) is 0 Å². The van der Waals surface area contributed by atoms with Crippen LogP contribution in [0.15, 0.2) is 21.8 Å². The maximum Gasteiger partial charge on any atom is 0.410 e. The zero-order valence-electron chi connectivity index (χ0n) is 13.8. The first-order chi connectivity index (χ1) is 11.0. The number of carbonyl (C=O) groups is 1. The van der Waals surface area contributed by atoms with Crippen molar-refractivity contribution >= 4 is 37.7 Å². The maximum atomic E-state index is 12.7. The Labute approximate surface area is 150 Å². The molecule has 1 aliphatic rings. The Kier molecular flexibility index (Phi) is 5.41. The minimum absolute atomic E-state index is 0.0393. The van der Waals surface area contributed by atoms with Gasteiger partial charge in [0.2, 0.25) is 10.0 Å². The van der Waals surface area contributed by atoms with Crippen molar-refractivity contribution in [3.8, 4) is 0 Å². The number of halogens is 1. The van der Waals surface area contributed by atoms with Gasteiger partial charge < -0.3 is 15.4 Å². The van der Waals surface area contributed by atoms with Crippen LogP contribution < -0.4 is 5.73 Å². The van der Waals surface area contributed by atoms with Gasteiger partial charge in [0.05, 0.1) is 10.2 Å². The van der Waals surface area contributed by atoms with Crippen molar-refractivity contribution < 1.29 is 17.9 Å². The fraction of sp³-hybridized carbons (Fsp3) is 0.571. The van der Waals surface area contributed by atoms with Crippen molar-refractivity contribution in [1.82, 2.24) is 14.2 Å². The molecule has 1 aromatic heterocycles. The number of hydrogen-bond acceptors (Lipinski definition) is 6. The molecule has 0 aromatic carbocycles. The number of hydrogen-bond donors (Lipinski definition) is 1. The summed E-state index contributed by atoms with van der Waals surface area (Å²) < 4.78 is 32.5. The number of anilines is 1. The second kappa shape index (κ2) is 6.85. The number of piperazine rings is 1. The molecule has 0 saturated carbocycles. The zero-order valence-corrected chi connectivity index (χ0v) is 16.2. The summed E-state index contributed by atoms with van der Waals surface area (Å²) in [6.45, 7) is 6.23. The lowest BCUT2D eigenvalue weighted by Crippen LogP contribution is -2.51. The molecular formula is C14H21BrN4O4S. The van der Waals surface area contributed by atoms with Crippen molar-refractivity contribution in [3.05, 3.63) is 16.9 Å². The van der Waals surface area contributed by atoms with Crippen molar-refractivity contribution in [1.29, 1.82) is 0 Å². The molecule has 1 fully saturated rings. The summed E-state index contributed by atoms with van der Waals surface area (Å²) in [4.78, 5) is 17.4. The number of pyridine rings is 1. The van der Waals surface area contributed by atoms with Gasteiger partial charge in [-0.2, -0.15) is 4.31 Å². The van der Waals surface area contributed by atoms with E-state index in [9.17, 15) is 13.2 Å². The highest BCUT2D eigenvalue weighted by atomic mass is 79.9. The van der Waals surface area contributed by atoms with Crippen LogP contribution in [0.5, 0.6) is 0 Å². The Hall–Kier alpha value is -1.39. The second-order valence-corrected chi connectivity index (χ2v) is 9.17. The van der Waals surface area contributed by atoms with Crippen LogP contribution in [0.3, 0.4) is 0 Å². The fourth-order valence-corrected chi connectivity index (χ4v) is 4.18. The number of rotatable bonds is 2. The molecule has 24 heavy (non-hydrogen) atoms. The molecule has 2 rings (SSSR count). The highest BCUT2D eigenvalue weighted by Crippen LogP contribution is 2.28. The topological polar surface area (TPSA) is 106 Å². The van der Waals surface area contributed by atoms with E-state index in [2.05, 4.69) is 20.9 Å². The van der Waals surface area contributed by atoms with Crippen molar-refractivity contribution in [3.63, 3.8) is 0 Å². The third-order valence-electron chi connectivity index (χ3n) is 3.41. The lowest BCUT2D eigenvalue weighted by atomic mass is 10.2. The molecule has 0 radical (unpaired) electrons. The zero-order chi connectivity index (χ0) is 18.1. The molecule has 0 atom stereocenters. The highest BCUT2D eigenvalue weighted by Gasteiger charge is 2.33. The van der Waals surface area contributed by atoms with E-state index in [1.807, 2.05) is 0 Å². The van der Waals surface area contributed by atoms with Gasteiger partial charge in [0.25, 0.3) is 0 Å². The molecule has 0 unspecified atom stereocenters. The average Bonchev–Trinajstić information content (AvgIpc) is 2.48. The van der Waals surface area contributed by atoms with Crippen molar-refractivity contribution in [2.45, 2.75) is 31.3 Å². The minimum atomic E-state index is -3.76. The van der Waals surface area contributed by atoms with E-state index in [0.717, 1.165) is 0 Å². The number of carbonyl (C=O) groups excluding carboxylic acids is 1. The predicted molar refractivity (Wildman–Crippen MR) is 92.9 cm³/mol. The van der Waals surface area contributed by atoms with E-state index in [1.54, 1.807) is 20.8 Å². The van der Waals surface area contributed by atoms with Crippen LogP contribution in [0.25, 0.3) is 0 Å². The number of amides is 1. The first kappa shape index (κ1) is 18.9. The number of sulfonamides is 1. The molecule has 1 aromatic rings.